The lowest BCUT2D eigenvalue weighted by atomic mass is 10.0. The molecular formula is C11H25NO2S. The summed E-state index contributed by atoms with van der Waals surface area (Å²) < 4.78 is 23.6. The van der Waals surface area contributed by atoms with Crippen molar-refractivity contribution >= 4 is 9.84 Å². The van der Waals surface area contributed by atoms with E-state index in [0.29, 0.717) is 5.92 Å². The SMILES string of the molecule is CCNC(CS(=O)(=O)C(C)C)C(C)CC. The maximum absolute atomic E-state index is 11.8. The molecule has 4 heteroatoms. The van der Waals surface area contributed by atoms with E-state index >= 15 is 0 Å². The molecule has 0 bridgehead atoms. The first-order valence-electron chi connectivity index (χ1n) is 5.80. The van der Waals surface area contributed by atoms with Gasteiger partial charge in [-0.1, -0.05) is 27.2 Å². The van der Waals surface area contributed by atoms with Crippen LogP contribution < -0.4 is 5.32 Å². The fourth-order valence-corrected chi connectivity index (χ4v) is 2.75. The minimum atomic E-state index is -2.94. The van der Waals surface area contributed by atoms with Crippen LogP contribution in [0.2, 0.25) is 0 Å². The zero-order valence-corrected chi connectivity index (χ0v) is 11.4. The molecule has 92 valence electrons. The van der Waals surface area contributed by atoms with Crippen LogP contribution in [0.5, 0.6) is 0 Å². The second-order valence-corrected chi connectivity index (χ2v) is 7.03. The fourth-order valence-electron chi connectivity index (χ4n) is 1.41. The maximum atomic E-state index is 11.8. The van der Waals surface area contributed by atoms with E-state index in [-0.39, 0.29) is 17.0 Å². The smallest absolute Gasteiger partial charge is 0.154 e. The molecular weight excluding hydrogens is 210 g/mol. The lowest BCUT2D eigenvalue weighted by molar-refractivity contribution is 0.397. The highest BCUT2D eigenvalue weighted by Crippen LogP contribution is 2.12. The van der Waals surface area contributed by atoms with Crippen molar-refractivity contribution in [2.45, 2.75) is 52.3 Å². The van der Waals surface area contributed by atoms with Crippen LogP contribution in [-0.2, 0) is 9.84 Å². The summed E-state index contributed by atoms with van der Waals surface area (Å²) in [6, 6.07) is 0.0902. The van der Waals surface area contributed by atoms with Gasteiger partial charge in [-0.25, -0.2) is 8.42 Å². The van der Waals surface area contributed by atoms with Gasteiger partial charge in [0.05, 0.1) is 11.0 Å². The summed E-state index contributed by atoms with van der Waals surface area (Å²) in [6.45, 7) is 10.5. The van der Waals surface area contributed by atoms with Gasteiger partial charge in [0, 0.05) is 6.04 Å². The Balaban J connectivity index is 4.54. The topological polar surface area (TPSA) is 46.2 Å². The largest absolute Gasteiger partial charge is 0.313 e. The quantitative estimate of drug-likeness (QED) is 0.732. The lowest BCUT2D eigenvalue weighted by Gasteiger charge is -2.24. The van der Waals surface area contributed by atoms with Crippen molar-refractivity contribution in [3.63, 3.8) is 0 Å². The Kier molecular flexibility index (Phi) is 6.44. The Morgan fingerprint density at radius 1 is 1.13 bits per heavy atom. The Labute approximate surface area is 94.6 Å². The average Bonchev–Trinajstić information content (AvgIpc) is 2.15. The standard InChI is InChI=1S/C11H25NO2S/c1-6-10(5)11(12-7-2)8-15(13,14)9(3)4/h9-12H,6-8H2,1-5H3. The van der Waals surface area contributed by atoms with Crippen molar-refractivity contribution in [3.8, 4) is 0 Å². The lowest BCUT2D eigenvalue weighted by Crippen LogP contribution is -2.42. The van der Waals surface area contributed by atoms with Gasteiger partial charge in [0.15, 0.2) is 9.84 Å². The van der Waals surface area contributed by atoms with E-state index in [4.69, 9.17) is 0 Å². The number of rotatable bonds is 7. The van der Waals surface area contributed by atoms with Crippen molar-refractivity contribution in [2.24, 2.45) is 5.92 Å². The van der Waals surface area contributed by atoms with E-state index in [2.05, 4.69) is 19.2 Å². The van der Waals surface area contributed by atoms with Crippen molar-refractivity contribution in [1.82, 2.24) is 5.32 Å². The van der Waals surface area contributed by atoms with Gasteiger partial charge < -0.3 is 5.32 Å². The van der Waals surface area contributed by atoms with E-state index in [0.717, 1.165) is 13.0 Å². The predicted octanol–water partition coefficient (Wildman–Crippen LogP) is 1.83. The summed E-state index contributed by atoms with van der Waals surface area (Å²) in [5.41, 5.74) is 0. The molecule has 0 aromatic heterocycles. The third-order valence-corrected chi connectivity index (χ3v) is 5.19. The number of sulfone groups is 1. The summed E-state index contributed by atoms with van der Waals surface area (Å²) in [6.07, 6.45) is 1.01. The minimum absolute atomic E-state index is 0.0902. The molecule has 0 heterocycles. The van der Waals surface area contributed by atoms with Gasteiger partial charge in [-0.2, -0.15) is 0 Å². The number of nitrogens with one attached hydrogen (secondary N) is 1. The second-order valence-electron chi connectivity index (χ2n) is 4.43. The van der Waals surface area contributed by atoms with Crippen LogP contribution >= 0.6 is 0 Å². The second kappa shape index (κ2) is 6.48. The van der Waals surface area contributed by atoms with Crippen molar-refractivity contribution < 1.29 is 8.42 Å². The molecule has 0 aliphatic carbocycles. The Hall–Kier alpha value is -0.0900. The zero-order chi connectivity index (χ0) is 12.1. The zero-order valence-electron chi connectivity index (χ0n) is 10.6. The van der Waals surface area contributed by atoms with E-state index < -0.39 is 9.84 Å². The third kappa shape index (κ3) is 4.98. The average molecular weight is 235 g/mol. The van der Waals surface area contributed by atoms with Gasteiger partial charge in [0.1, 0.15) is 0 Å². The molecule has 1 N–H and O–H groups in total. The van der Waals surface area contributed by atoms with E-state index in [1.807, 2.05) is 6.92 Å². The molecule has 0 amide bonds. The summed E-state index contributed by atoms with van der Waals surface area (Å²) in [5.74, 6) is 0.659. The van der Waals surface area contributed by atoms with Crippen LogP contribution in [0.15, 0.2) is 0 Å². The molecule has 3 nitrogen and oxygen atoms in total. The van der Waals surface area contributed by atoms with Crippen LogP contribution in [-0.4, -0.2) is 32.0 Å². The molecule has 0 rings (SSSR count). The van der Waals surface area contributed by atoms with Gasteiger partial charge in [-0.15, -0.1) is 0 Å². The van der Waals surface area contributed by atoms with Gasteiger partial charge >= 0.3 is 0 Å². The fraction of sp³-hybridized carbons (Fsp3) is 1.00. The Morgan fingerprint density at radius 2 is 1.67 bits per heavy atom. The normalized spacial score (nSPS) is 16.7. The number of hydrogen-bond acceptors (Lipinski definition) is 3. The Morgan fingerprint density at radius 3 is 2.00 bits per heavy atom. The Bertz CT molecular complexity index is 260. The molecule has 2 unspecified atom stereocenters. The van der Waals surface area contributed by atoms with Crippen molar-refractivity contribution in [2.75, 3.05) is 12.3 Å². The first-order valence-corrected chi connectivity index (χ1v) is 7.51. The first-order chi connectivity index (χ1) is 6.85. The van der Waals surface area contributed by atoms with Crippen LogP contribution in [0.4, 0.5) is 0 Å². The molecule has 0 saturated carbocycles. The molecule has 0 aromatic carbocycles. The van der Waals surface area contributed by atoms with Gasteiger partial charge in [-0.3, -0.25) is 0 Å². The van der Waals surface area contributed by atoms with E-state index in [1.165, 1.54) is 0 Å². The molecule has 0 radical (unpaired) electrons. The van der Waals surface area contributed by atoms with Gasteiger partial charge in [0.2, 0.25) is 0 Å². The molecule has 2 atom stereocenters. The summed E-state index contributed by atoms with van der Waals surface area (Å²) in [5, 5.41) is 2.99. The monoisotopic (exact) mass is 235 g/mol. The molecule has 0 spiro atoms. The molecule has 0 fully saturated rings. The van der Waals surface area contributed by atoms with Crippen LogP contribution in [0.25, 0.3) is 0 Å². The number of hydrogen-bond donors (Lipinski definition) is 1. The van der Waals surface area contributed by atoms with Crippen LogP contribution in [0.1, 0.15) is 41.0 Å². The van der Waals surface area contributed by atoms with Crippen LogP contribution in [0, 0.1) is 5.92 Å². The molecule has 0 aliphatic heterocycles. The minimum Gasteiger partial charge on any atom is -0.313 e. The first kappa shape index (κ1) is 14.9. The van der Waals surface area contributed by atoms with Gasteiger partial charge in [-0.05, 0) is 26.3 Å². The third-order valence-electron chi connectivity index (χ3n) is 2.93. The predicted molar refractivity (Wildman–Crippen MR) is 65.8 cm³/mol. The molecule has 15 heavy (non-hydrogen) atoms. The summed E-state index contributed by atoms with van der Waals surface area (Å²) in [7, 11) is -2.94. The van der Waals surface area contributed by atoms with Crippen molar-refractivity contribution in [1.29, 1.82) is 0 Å². The van der Waals surface area contributed by atoms with Crippen molar-refractivity contribution in [3.05, 3.63) is 0 Å². The molecule has 0 saturated heterocycles. The maximum Gasteiger partial charge on any atom is 0.154 e. The highest BCUT2D eigenvalue weighted by Gasteiger charge is 2.24. The van der Waals surface area contributed by atoms with E-state index in [9.17, 15) is 8.42 Å². The van der Waals surface area contributed by atoms with Crippen LogP contribution in [0.3, 0.4) is 0 Å². The summed E-state index contributed by atoms with van der Waals surface area (Å²) >= 11 is 0. The molecule has 0 aliphatic rings. The highest BCUT2D eigenvalue weighted by atomic mass is 32.2. The van der Waals surface area contributed by atoms with Gasteiger partial charge in [0.25, 0.3) is 0 Å². The molecule has 0 aromatic rings. The highest BCUT2D eigenvalue weighted by molar-refractivity contribution is 7.92. The summed E-state index contributed by atoms with van der Waals surface area (Å²) in [4.78, 5) is 0. The van der Waals surface area contributed by atoms with E-state index in [1.54, 1.807) is 13.8 Å².